The maximum absolute atomic E-state index is 12.1. The average Bonchev–Trinajstić information content (AvgIpc) is 2.41. The first-order valence-corrected chi connectivity index (χ1v) is 6.40. The minimum Gasteiger partial charge on any atom is -0.497 e. The van der Waals surface area contributed by atoms with Crippen molar-refractivity contribution >= 4 is 33.2 Å². The molecule has 0 heterocycles. The number of methoxy groups -OCH3 is 1. The van der Waals surface area contributed by atoms with Gasteiger partial charge in [0, 0.05) is 21.9 Å². The Bertz CT molecular complexity index is 614. The highest BCUT2D eigenvalue weighted by molar-refractivity contribution is 9.10. The number of ether oxygens (including phenoxy) is 1. The molecule has 0 fully saturated rings. The van der Waals surface area contributed by atoms with Crippen molar-refractivity contribution < 1.29 is 9.53 Å². The van der Waals surface area contributed by atoms with Crippen LogP contribution >= 0.6 is 15.9 Å². The van der Waals surface area contributed by atoms with Gasteiger partial charge in [-0.1, -0.05) is 22.0 Å². The highest BCUT2D eigenvalue weighted by atomic mass is 79.9. The highest BCUT2D eigenvalue weighted by Crippen LogP contribution is 2.21. The summed E-state index contributed by atoms with van der Waals surface area (Å²) >= 11 is 3.32. The number of hydrogen-bond donors (Lipinski definition) is 2. The van der Waals surface area contributed by atoms with Crippen LogP contribution in [0.25, 0.3) is 0 Å². The van der Waals surface area contributed by atoms with Crippen LogP contribution in [0.5, 0.6) is 5.75 Å². The molecule has 0 atom stereocenters. The Hall–Kier alpha value is -2.01. The summed E-state index contributed by atoms with van der Waals surface area (Å²) in [4.78, 5) is 12.1. The van der Waals surface area contributed by atoms with Gasteiger partial charge in [0.05, 0.1) is 12.7 Å². The molecule has 98 valence electrons. The standard InChI is InChI=1S/C14H13BrN2O2/c1-19-11-4-2-3-10(8-11)17-14(18)12-7-9(15)5-6-13(12)16/h2-8H,16H2,1H3,(H,17,18). The Morgan fingerprint density at radius 3 is 2.79 bits per heavy atom. The molecule has 5 heteroatoms. The lowest BCUT2D eigenvalue weighted by atomic mass is 10.1. The molecule has 2 aromatic carbocycles. The molecule has 0 aliphatic carbocycles. The molecule has 0 aliphatic rings. The van der Waals surface area contributed by atoms with Gasteiger partial charge in [0.1, 0.15) is 5.75 Å². The predicted molar refractivity (Wildman–Crippen MR) is 79.5 cm³/mol. The van der Waals surface area contributed by atoms with Crippen molar-refractivity contribution in [2.45, 2.75) is 0 Å². The molecule has 0 bridgehead atoms. The largest absolute Gasteiger partial charge is 0.497 e. The van der Waals surface area contributed by atoms with Crippen molar-refractivity contribution in [3.05, 3.63) is 52.5 Å². The molecule has 0 aromatic heterocycles. The Morgan fingerprint density at radius 1 is 1.26 bits per heavy atom. The van der Waals surface area contributed by atoms with Gasteiger partial charge < -0.3 is 15.8 Å². The van der Waals surface area contributed by atoms with Gasteiger partial charge in [0.2, 0.25) is 0 Å². The van der Waals surface area contributed by atoms with Crippen LogP contribution in [0.15, 0.2) is 46.9 Å². The molecule has 0 radical (unpaired) electrons. The Morgan fingerprint density at radius 2 is 2.05 bits per heavy atom. The monoisotopic (exact) mass is 320 g/mol. The molecular weight excluding hydrogens is 308 g/mol. The van der Waals surface area contributed by atoms with Crippen LogP contribution in [0, 0.1) is 0 Å². The molecular formula is C14H13BrN2O2. The molecule has 0 aliphatic heterocycles. The van der Waals surface area contributed by atoms with Gasteiger partial charge in [-0.15, -0.1) is 0 Å². The first-order valence-electron chi connectivity index (χ1n) is 5.60. The van der Waals surface area contributed by atoms with Crippen molar-refractivity contribution in [2.24, 2.45) is 0 Å². The predicted octanol–water partition coefficient (Wildman–Crippen LogP) is 3.29. The zero-order chi connectivity index (χ0) is 13.8. The minimum absolute atomic E-state index is 0.257. The second-order valence-electron chi connectivity index (χ2n) is 3.92. The van der Waals surface area contributed by atoms with Crippen LogP contribution < -0.4 is 15.8 Å². The fraction of sp³-hybridized carbons (Fsp3) is 0.0714. The van der Waals surface area contributed by atoms with E-state index in [1.54, 1.807) is 43.5 Å². The number of amides is 1. The molecule has 19 heavy (non-hydrogen) atoms. The summed E-state index contributed by atoms with van der Waals surface area (Å²) in [6.07, 6.45) is 0. The zero-order valence-electron chi connectivity index (χ0n) is 10.3. The average molecular weight is 321 g/mol. The van der Waals surface area contributed by atoms with Gasteiger partial charge in [-0.3, -0.25) is 4.79 Å². The summed E-state index contributed by atoms with van der Waals surface area (Å²) in [6.45, 7) is 0. The summed E-state index contributed by atoms with van der Waals surface area (Å²) in [7, 11) is 1.58. The number of nitrogens with two attached hydrogens (primary N) is 1. The molecule has 0 unspecified atom stereocenters. The maximum Gasteiger partial charge on any atom is 0.257 e. The van der Waals surface area contributed by atoms with E-state index in [1.165, 1.54) is 0 Å². The topological polar surface area (TPSA) is 64.3 Å². The van der Waals surface area contributed by atoms with E-state index in [1.807, 2.05) is 6.07 Å². The maximum atomic E-state index is 12.1. The van der Waals surface area contributed by atoms with Crippen molar-refractivity contribution in [3.8, 4) is 5.75 Å². The Kier molecular flexibility index (Phi) is 4.06. The lowest BCUT2D eigenvalue weighted by Gasteiger charge is -2.09. The second kappa shape index (κ2) is 5.75. The summed E-state index contributed by atoms with van der Waals surface area (Å²) < 4.78 is 5.90. The first-order chi connectivity index (χ1) is 9.10. The summed E-state index contributed by atoms with van der Waals surface area (Å²) in [5, 5.41) is 2.78. The molecule has 2 rings (SSSR count). The fourth-order valence-electron chi connectivity index (χ4n) is 1.62. The third kappa shape index (κ3) is 3.26. The highest BCUT2D eigenvalue weighted by Gasteiger charge is 2.10. The van der Waals surface area contributed by atoms with E-state index in [0.717, 1.165) is 4.47 Å². The number of nitrogen functional groups attached to an aromatic ring is 1. The summed E-state index contributed by atoms with van der Waals surface area (Å²) in [6, 6.07) is 12.3. The number of rotatable bonds is 3. The Labute approximate surface area is 119 Å². The van der Waals surface area contributed by atoms with Crippen LogP contribution in [-0.4, -0.2) is 13.0 Å². The number of nitrogens with one attached hydrogen (secondary N) is 1. The van der Waals surface area contributed by atoms with E-state index in [4.69, 9.17) is 10.5 Å². The van der Waals surface area contributed by atoms with Crippen LogP contribution in [0.2, 0.25) is 0 Å². The van der Waals surface area contributed by atoms with E-state index in [-0.39, 0.29) is 5.91 Å². The van der Waals surface area contributed by atoms with Crippen molar-refractivity contribution in [1.82, 2.24) is 0 Å². The van der Waals surface area contributed by atoms with E-state index in [2.05, 4.69) is 21.2 Å². The number of anilines is 2. The number of benzene rings is 2. The fourth-order valence-corrected chi connectivity index (χ4v) is 1.99. The molecule has 0 spiro atoms. The van der Waals surface area contributed by atoms with Crippen LogP contribution in [-0.2, 0) is 0 Å². The van der Waals surface area contributed by atoms with E-state index in [0.29, 0.717) is 22.7 Å². The number of carbonyl (C=O) groups is 1. The molecule has 0 saturated heterocycles. The summed E-state index contributed by atoms with van der Waals surface area (Å²) in [5.41, 5.74) is 7.31. The van der Waals surface area contributed by atoms with Gasteiger partial charge in [0.15, 0.2) is 0 Å². The molecule has 0 saturated carbocycles. The van der Waals surface area contributed by atoms with Gasteiger partial charge >= 0.3 is 0 Å². The van der Waals surface area contributed by atoms with Crippen molar-refractivity contribution in [1.29, 1.82) is 0 Å². The third-order valence-corrected chi connectivity index (χ3v) is 3.08. The molecule has 3 N–H and O–H groups in total. The normalized spacial score (nSPS) is 10.0. The number of carbonyl (C=O) groups excluding carboxylic acids is 1. The lowest BCUT2D eigenvalue weighted by molar-refractivity contribution is 0.102. The van der Waals surface area contributed by atoms with E-state index >= 15 is 0 Å². The zero-order valence-corrected chi connectivity index (χ0v) is 11.9. The smallest absolute Gasteiger partial charge is 0.257 e. The van der Waals surface area contributed by atoms with E-state index in [9.17, 15) is 4.79 Å². The molecule has 2 aromatic rings. The summed E-state index contributed by atoms with van der Waals surface area (Å²) in [5.74, 6) is 0.423. The van der Waals surface area contributed by atoms with Crippen molar-refractivity contribution in [3.63, 3.8) is 0 Å². The van der Waals surface area contributed by atoms with Gasteiger partial charge in [-0.25, -0.2) is 0 Å². The lowest BCUT2D eigenvalue weighted by Crippen LogP contribution is -2.14. The first kappa shape index (κ1) is 13.4. The van der Waals surface area contributed by atoms with Gasteiger partial charge in [-0.05, 0) is 30.3 Å². The van der Waals surface area contributed by atoms with Crippen molar-refractivity contribution in [2.75, 3.05) is 18.2 Å². The Balaban J connectivity index is 2.23. The van der Waals surface area contributed by atoms with Crippen LogP contribution in [0.4, 0.5) is 11.4 Å². The third-order valence-electron chi connectivity index (χ3n) is 2.59. The van der Waals surface area contributed by atoms with E-state index < -0.39 is 0 Å². The molecule has 1 amide bonds. The number of halogens is 1. The minimum atomic E-state index is -0.257. The van der Waals surface area contributed by atoms with Gasteiger partial charge in [0.25, 0.3) is 5.91 Å². The molecule has 4 nitrogen and oxygen atoms in total. The van der Waals surface area contributed by atoms with Gasteiger partial charge in [-0.2, -0.15) is 0 Å². The van der Waals surface area contributed by atoms with Crippen LogP contribution in [0.1, 0.15) is 10.4 Å². The quantitative estimate of drug-likeness (QED) is 0.853. The van der Waals surface area contributed by atoms with Crippen LogP contribution in [0.3, 0.4) is 0 Å². The second-order valence-corrected chi connectivity index (χ2v) is 4.83. The number of hydrogen-bond acceptors (Lipinski definition) is 3. The SMILES string of the molecule is COc1cccc(NC(=O)c2cc(Br)ccc2N)c1.